The maximum absolute atomic E-state index is 10.9. The Morgan fingerprint density at radius 1 is 1.40 bits per heavy atom. The van der Waals surface area contributed by atoms with E-state index in [1.54, 1.807) is 19.1 Å². The van der Waals surface area contributed by atoms with Crippen molar-refractivity contribution in [2.45, 2.75) is 13.5 Å². The van der Waals surface area contributed by atoms with Crippen molar-refractivity contribution >= 4 is 11.5 Å². The molecule has 1 N–H and O–H groups in total. The summed E-state index contributed by atoms with van der Waals surface area (Å²) < 4.78 is 5.00. The van der Waals surface area contributed by atoms with Crippen LogP contribution in [0.25, 0.3) is 0 Å². The molecule has 1 aromatic heterocycles. The van der Waals surface area contributed by atoms with E-state index in [0.717, 1.165) is 5.56 Å². The average Bonchev–Trinajstić information content (AvgIpc) is 2.46. The van der Waals surface area contributed by atoms with Gasteiger partial charge in [-0.1, -0.05) is 12.1 Å². The first-order valence-corrected chi connectivity index (χ1v) is 5.94. The second kappa shape index (κ2) is 5.96. The normalized spacial score (nSPS) is 10.1. The van der Waals surface area contributed by atoms with Crippen LogP contribution in [0.2, 0.25) is 0 Å². The highest BCUT2D eigenvalue weighted by molar-refractivity contribution is 5.46. The molecule has 0 saturated carbocycles. The van der Waals surface area contributed by atoms with E-state index < -0.39 is 0 Å². The van der Waals surface area contributed by atoms with Crippen LogP contribution in [0.5, 0.6) is 5.88 Å². The van der Waals surface area contributed by atoms with Crippen molar-refractivity contribution in [2.24, 2.45) is 0 Å². The summed E-state index contributed by atoms with van der Waals surface area (Å²) in [7, 11) is 1.52. The molecule has 7 nitrogen and oxygen atoms in total. The quantitative estimate of drug-likeness (QED) is 0.664. The van der Waals surface area contributed by atoms with Crippen LogP contribution >= 0.6 is 0 Å². The summed E-state index contributed by atoms with van der Waals surface area (Å²) in [5.41, 5.74) is 1.60. The average molecular weight is 274 g/mol. The van der Waals surface area contributed by atoms with Crippen molar-refractivity contribution in [1.29, 1.82) is 0 Å². The number of anilines is 1. The molecule has 7 heteroatoms. The number of nitro groups is 1. The van der Waals surface area contributed by atoms with Crippen molar-refractivity contribution in [1.82, 2.24) is 9.97 Å². The molecule has 0 aliphatic heterocycles. The number of methoxy groups -OCH3 is 1. The number of nitrogens with one attached hydrogen (secondary N) is 1. The predicted octanol–water partition coefficient (Wildman–Crippen LogP) is 2.31. The van der Waals surface area contributed by atoms with Gasteiger partial charge >= 0.3 is 0 Å². The Morgan fingerprint density at radius 3 is 2.90 bits per heavy atom. The first-order valence-electron chi connectivity index (χ1n) is 5.94. The SMILES string of the molecule is COc1cc(NCc2cccc([N+](=O)[O-])c2C)ncn1. The van der Waals surface area contributed by atoms with E-state index in [1.807, 2.05) is 6.07 Å². The molecule has 0 aliphatic rings. The second-order valence-corrected chi connectivity index (χ2v) is 4.12. The Labute approximate surface area is 115 Å². The number of nitro benzene ring substituents is 1. The highest BCUT2D eigenvalue weighted by Crippen LogP contribution is 2.22. The fourth-order valence-corrected chi connectivity index (χ4v) is 1.79. The van der Waals surface area contributed by atoms with Crippen molar-refractivity contribution in [3.05, 3.63) is 51.8 Å². The van der Waals surface area contributed by atoms with Crippen molar-refractivity contribution in [3.63, 3.8) is 0 Å². The zero-order valence-corrected chi connectivity index (χ0v) is 11.2. The lowest BCUT2D eigenvalue weighted by Gasteiger charge is -2.09. The summed E-state index contributed by atoms with van der Waals surface area (Å²) in [4.78, 5) is 18.5. The number of benzene rings is 1. The number of ether oxygens (including phenoxy) is 1. The van der Waals surface area contributed by atoms with Crippen LogP contribution < -0.4 is 10.1 Å². The molecule has 0 aliphatic carbocycles. The van der Waals surface area contributed by atoms with Gasteiger partial charge in [-0.05, 0) is 12.5 Å². The Morgan fingerprint density at radius 2 is 2.20 bits per heavy atom. The molecule has 0 radical (unpaired) electrons. The van der Waals surface area contributed by atoms with Crippen molar-refractivity contribution in [3.8, 4) is 5.88 Å². The monoisotopic (exact) mass is 274 g/mol. The molecular weight excluding hydrogens is 260 g/mol. The van der Waals surface area contributed by atoms with Gasteiger partial charge in [0.05, 0.1) is 12.0 Å². The van der Waals surface area contributed by atoms with Gasteiger partial charge in [-0.15, -0.1) is 0 Å². The Bertz CT molecular complexity index is 631. The lowest BCUT2D eigenvalue weighted by molar-refractivity contribution is -0.385. The van der Waals surface area contributed by atoms with Crippen molar-refractivity contribution < 1.29 is 9.66 Å². The molecule has 1 heterocycles. The maximum Gasteiger partial charge on any atom is 0.272 e. The molecular formula is C13H14N4O3. The Kier molecular flexibility index (Phi) is 4.09. The molecule has 0 saturated heterocycles. The summed E-state index contributed by atoms with van der Waals surface area (Å²) >= 11 is 0. The van der Waals surface area contributed by atoms with Gasteiger partial charge in [0.25, 0.3) is 5.69 Å². The van der Waals surface area contributed by atoms with Crippen LogP contribution in [-0.4, -0.2) is 22.0 Å². The van der Waals surface area contributed by atoms with Crippen LogP contribution in [0.4, 0.5) is 11.5 Å². The Balaban J connectivity index is 2.14. The zero-order valence-electron chi connectivity index (χ0n) is 11.2. The molecule has 104 valence electrons. The zero-order chi connectivity index (χ0) is 14.5. The third kappa shape index (κ3) is 3.00. The number of aromatic nitrogens is 2. The van der Waals surface area contributed by atoms with E-state index >= 15 is 0 Å². The van der Waals surface area contributed by atoms with Gasteiger partial charge in [0.2, 0.25) is 5.88 Å². The molecule has 2 rings (SSSR count). The minimum Gasteiger partial charge on any atom is -0.481 e. The fourth-order valence-electron chi connectivity index (χ4n) is 1.79. The van der Waals surface area contributed by atoms with E-state index in [9.17, 15) is 10.1 Å². The summed E-state index contributed by atoms with van der Waals surface area (Å²) in [6, 6.07) is 6.66. The van der Waals surface area contributed by atoms with Gasteiger partial charge in [-0.2, -0.15) is 0 Å². The highest BCUT2D eigenvalue weighted by Gasteiger charge is 2.12. The molecule has 0 fully saturated rings. The molecule has 0 amide bonds. The van der Waals surface area contributed by atoms with Gasteiger partial charge in [-0.25, -0.2) is 9.97 Å². The molecule has 2 aromatic rings. The van der Waals surface area contributed by atoms with Gasteiger partial charge in [0.15, 0.2) is 0 Å². The van der Waals surface area contributed by atoms with Crippen LogP contribution in [-0.2, 0) is 6.54 Å². The van der Waals surface area contributed by atoms with Gasteiger partial charge in [-0.3, -0.25) is 10.1 Å². The third-order valence-corrected chi connectivity index (χ3v) is 2.93. The standard InChI is InChI=1S/C13H14N4O3/c1-9-10(4-3-5-11(9)17(18)19)7-14-12-6-13(20-2)16-8-15-12/h3-6,8H,7H2,1-2H3,(H,14,15,16). The molecule has 20 heavy (non-hydrogen) atoms. The van der Waals surface area contributed by atoms with Crippen LogP contribution in [0.15, 0.2) is 30.6 Å². The lowest BCUT2D eigenvalue weighted by Crippen LogP contribution is -2.05. The number of hydrogen-bond acceptors (Lipinski definition) is 6. The summed E-state index contributed by atoms with van der Waals surface area (Å²) in [6.07, 6.45) is 1.39. The topological polar surface area (TPSA) is 90.2 Å². The van der Waals surface area contributed by atoms with Crippen LogP contribution in [0.1, 0.15) is 11.1 Å². The minimum absolute atomic E-state index is 0.115. The smallest absolute Gasteiger partial charge is 0.272 e. The fraction of sp³-hybridized carbons (Fsp3) is 0.231. The second-order valence-electron chi connectivity index (χ2n) is 4.12. The summed E-state index contributed by atoms with van der Waals surface area (Å²) in [6.45, 7) is 2.17. The number of nitrogens with zero attached hydrogens (tertiary/aromatic N) is 3. The molecule has 0 atom stereocenters. The van der Waals surface area contributed by atoms with E-state index in [4.69, 9.17) is 4.74 Å². The predicted molar refractivity (Wildman–Crippen MR) is 73.7 cm³/mol. The van der Waals surface area contributed by atoms with E-state index in [1.165, 1.54) is 19.5 Å². The molecule has 1 aromatic carbocycles. The van der Waals surface area contributed by atoms with E-state index in [0.29, 0.717) is 23.8 Å². The highest BCUT2D eigenvalue weighted by atomic mass is 16.6. The van der Waals surface area contributed by atoms with Gasteiger partial charge in [0.1, 0.15) is 12.1 Å². The third-order valence-electron chi connectivity index (χ3n) is 2.93. The summed E-state index contributed by atoms with van der Waals surface area (Å²) in [5.74, 6) is 1.06. The largest absolute Gasteiger partial charge is 0.481 e. The van der Waals surface area contributed by atoms with E-state index in [2.05, 4.69) is 15.3 Å². The van der Waals surface area contributed by atoms with Crippen molar-refractivity contribution in [2.75, 3.05) is 12.4 Å². The lowest BCUT2D eigenvalue weighted by atomic mass is 10.1. The van der Waals surface area contributed by atoms with E-state index in [-0.39, 0.29) is 10.6 Å². The summed E-state index contributed by atoms with van der Waals surface area (Å²) in [5, 5.41) is 14.0. The van der Waals surface area contributed by atoms with Crippen LogP contribution in [0, 0.1) is 17.0 Å². The number of hydrogen-bond donors (Lipinski definition) is 1. The van der Waals surface area contributed by atoms with Gasteiger partial charge < -0.3 is 10.1 Å². The minimum atomic E-state index is -0.382. The first kappa shape index (κ1) is 13.7. The van der Waals surface area contributed by atoms with Crippen LogP contribution in [0.3, 0.4) is 0 Å². The first-order chi connectivity index (χ1) is 9.61. The maximum atomic E-state index is 10.9. The Hall–Kier alpha value is -2.70. The molecule has 0 spiro atoms. The van der Waals surface area contributed by atoms with Gasteiger partial charge in [0, 0.05) is 24.2 Å². The molecule has 0 unspecified atom stereocenters. The molecule has 0 bridgehead atoms. The number of rotatable bonds is 5.